The van der Waals surface area contributed by atoms with E-state index in [2.05, 4.69) is 20.8 Å². The average Bonchev–Trinajstić information content (AvgIpc) is 3.38. The van der Waals surface area contributed by atoms with Crippen molar-refractivity contribution in [3.63, 3.8) is 0 Å². The van der Waals surface area contributed by atoms with E-state index < -0.39 is 6.29 Å². The number of aliphatic hydroxyl groups excluding tert-OH is 1. The Hall–Kier alpha value is -2.83. The van der Waals surface area contributed by atoms with Gasteiger partial charge in [0, 0.05) is 43.3 Å². The molecule has 2 heterocycles. The van der Waals surface area contributed by atoms with Gasteiger partial charge in [0.25, 0.3) is 0 Å². The summed E-state index contributed by atoms with van der Waals surface area (Å²) >= 11 is 3.19. The maximum atomic E-state index is 12.5. The Morgan fingerprint density at radius 3 is 2.62 bits per heavy atom. The summed E-state index contributed by atoms with van der Waals surface area (Å²) in [5, 5.41) is 24.4. The molecule has 1 fully saturated rings. The summed E-state index contributed by atoms with van der Waals surface area (Å²) in [6.45, 7) is 4.07. The molecule has 3 atom stereocenters. The van der Waals surface area contributed by atoms with E-state index in [1.807, 2.05) is 55.5 Å². The number of nitrogens with zero attached hydrogens (tertiary/aromatic N) is 2. The second-order valence-electron chi connectivity index (χ2n) is 9.72. The highest BCUT2D eigenvalue weighted by Crippen LogP contribution is 2.40. The highest BCUT2D eigenvalue weighted by atomic mass is 32.2. The smallest absolute Gasteiger partial charge is 0.224 e. The molecule has 0 bridgehead atoms. The van der Waals surface area contributed by atoms with Crippen molar-refractivity contribution in [3.8, 4) is 0 Å². The van der Waals surface area contributed by atoms with Gasteiger partial charge in [0.1, 0.15) is 5.01 Å². The Kier molecular flexibility index (Phi) is 11.5. The molecule has 1 aliphatic heterocycles. The second-order valence-corrected chi connectivity index (χ2v) is 12.2. The molecule has 1 aliphatic rings. The fourth-order valence-electron chi connectivity index (χ4n) is 4.36. The first-order chi connectivity index (χ1) is 19.4. The quantitative estimate of drug-likeness (QED) is 0.182. The number of carbonyl (C=O) groups is 2. The van der Waals surface area contributed by atoms with Crippen LogP contribution in [0.2, 0.25) is 0 Å². The molecule has 40 heavy (non-hydrogen) atoms. The van der Waals surface area contributed by atoms with E-state index >= 15 is 0 Å². The Bertz CT molecular complexity index is 1250. The number of unbranched alkanes of at least 4 members (excludes halogenated alkanes) is 2. The molecule has 11 heteroatoms. The number of benzene rings is 2. The van der Waals surface area contributed by atoms with Crippen molar-refractivity contribution in [2.75, 3.05) is 17.6 Å². The number of hydrogen-bond acceptors (Lipinski definition) is 9. The van der Waals surface area contributed by atoms with Crippen LogP contribution in [0.5, 0.6) is 0 Å². The largest absolute Gasteiger partial charge is 0.392 e. The van der Waals surface area contributed by atoms with E-state index in [9.17, 15) is 14.7 Å². The van der Waals surface area contributed by atoms with Crippen LogP contribution in [0.25, 0.3) is 0 Å². The van der Waals surface area contributed by atoms with Gasteiger partial charge in [-0.2, -0.15) is 0 Å². The number of aromatic nitrogens is 2. The van der Waals surface area contributed by atoms with E-state index in [0.717, 1.165) is 45.3 Å². The van der Waals surface area contributed by atoms with Crippen LogP contribution < -0.4 is 10.6 Å². The lowest BCUT2D eigenvalue weighted by Crippen LogP contribution is -2.31. The molecule has 3 N–H and O–H groups in total. The number of nitrogens with one attached hydrogen (secondary N) is 2. The van der Waals surface area contributed by atoms with Crippen LogP contribution in [0, 0.1) is 6.92 Å². The zero-order chi connectivity index (χ0) is 28.3. The van der Waals surface area contributed by atoms with Crippen molar-refractivity contribution in [3.05, 3.63) is 70.2 Å². The fourth-order valence-corrected chi connectivity index (χ4v) is 6.22. The molecular weight excluding hydrogens is 548 g/mol. The first-order valence-corrected chi connectivity index (χ1v) is 15.3. The molecule has 0 spiro atoms. The number of anilines is 1. The highest BCUT2D eigenvalue weighted by molar-refractivity contribution is 8.01. The molecule has 9 nitrogen and oxygen atoms in total. The number of rotatable bonds is 13. The van der Waals surface area contributed by atoms with Gasteiger partial charge in [-0.25, -0.2) is 0 Å². The van der Waals surface area contributed by atoms with Crippen LogP contribution >= 0.6 is 23.1 Å². The Morgan fingerprint density at radius 2 is 1.90 bits per heavy atom. The van der Waals surface area contributed by atoms with Gasteiger partial charge >= 0.3 is 0 Å². The zero-order valence-corrected chi connectivity index (χ0v) is 24.4. The molecule has 1 aromatic heterocycles. The van der Waals surface area contributed by atoms with E-state index in [0.29, 0.717) is 30.8 Å². The van der Waals surface area contributed by atoms with Crippen molar-refractivity contribution >= 4 is 40.6 Å². The molecule has 0 saturated carbocycles. The summed E-state index contributed by atoms with van der Waals surface area (Å²) < 4.78 is 13.8. The number of hydrogen-bond donors (Lipinski definition) is 3. The second kappa shape index (κ2) is 15.2. The number of carbonyl (C=O) groups excluding carboxylic acids is 2. The fraction of sp³-hybridized carbons (Fsp3) is 0.448. The molecule has 0 aliphatic carbocycles. The maximum Gasteiger partial charge on any atom is 0.224 e. The number of aliphatic hydroxyl groups is 1. The highest BCUT2D eigenvalue weighted by Gasteiger charge is 2.32. The standard InChI is InChI=1S/C29H36N4O5S2/c1-19(35)30-14-5-3-4-9-27(36)31-24-8-6-7-23(15-24)28-37-25(18-39-29-33-32-20(2)40-29)16-26(38-28)22-12-10-21(17-34)11-13-22/h6-8,10-13,15,25-26,28,34H,3-5,9,14,16-18H2,1-2H3,(H,30,35)(H,31,36)/t25-,26+,28+/m0/s1. The van der Waals surface area contributed by atoms with Gasteiger partial charge in [-0.3, -0.25) is 9.59 Å². The lowest BCUT2D eigenvalue weighted by atomic mass is 10.0. The monoisotopic (exact) mass is 584 g/mol. The van der Waals surface area contributed by atoms with E-state index in [1.165, 1.54) is 6.92 Å². The van der Waals surface area contributed by atoms with Gasteiger partial charge in [-0.1, -0.05) is 65.9 Å². The summed E-state index contributed by atoms with van der Waals surface area (Å²) in [7, 11) is 0. The van der Waals surface area contributed by atoms with Crippen molar-refractivity contribution in [1.82, 2.24) is 15.5 Å². The molecule has 4 rings (SSSR count). The third-order valence-electron chi connectivity index (χ3n) is 6.41. The maximum absolute atomic E-state index is 12.5. The van der Waals surface area contributed by atoms with Crippen LogP contribution in [0.3, 0.4) is 0 Å². The summed E-state index contributed by atoms with van der Waals surface area (Å²) in [5.74, 6) is 0.620. The average molecular weight is 585 g/mol. The minimum Gasteiger partial charge on any atom is -0.392 e. The molecule has 3 aromatic rings. The molecule has 214 valence electrons. The predicted molar refractivity (Wildman–Crippen MR) is 156 cm³/mol. The van der Waals surface area contributed by atoms with Gasteiger partial charge < -0.3 is 25.2 Å². The van der Waals surface area contributed by atoms with Gasteiger partial charge in [0.2, 0.25) is 11.8 Å². The molecular formula is C29H36N4O5S2. The molecule has 0 unspecified atom stereocenters. The summed E-state index contributed by atoms with van der Waals surface area (Å²) in [4.78, 5) is 23.5. The molecule has 0 radical (unpaired) electrons. The van der Waals surface area contributed by atoms with E-state index in [4.69, 9.17) is 9.47 Å². The van der Waals surface area contributed by atoms with Crippen LogP contribution in [0.15, 0.2) is 52.9 Å². The van der Waals surface area contributed by atoms with Crippen molar-refractivity contribution in [2.45, 2.75) is 75.4 Å². The summed E-state index contributed by atoms with van der Waals surface area (Å²) in [6.07, 6.45) is 2.67. The number of aryl methyl sites for hydroxylation is 1. The molecule has 2 aromatic carbocycles. The summed E-state index contributed by atoms with van der Waals surface area (Å²) in [5.41, 5.74) is 3.39. The van der Waals surface area contributed by atoms with Crippen LogP contribution in [-0.4, -0.2) is 45.5 Å². The minimum absolute atomic E-state index is 0.00629. The topological polar surface area (TPSA) is 123 Å². The van der Waals surface area contributed by atoms with Crippen LogP contribution in [-0.2, 0) is 25.7 Å². The van der Waals surface area contributed by atoms with E-state index in [-0.39, 0.29) is 30.6 Å². The van der Waals surface area contributed by atoms with Crippen molar-refractivity contribution in [2.24, 2.45) is 0 Å². The third-order valence-corrected chi connectivity index (χ3v) is 8.52. The number of thioether (sulfide) groups is 1. The number of amides is 2. The van der Waals surface area contributed by atoms with Gasteiger partial charge in [-0.15, -0.1) is 10.2 Å². The van der Waals surface area contributed by atoms with Gasteiger partial charge in [-0.05, 0) is 43.0 Å². The first kappa shape index (κ1) is 30.1. The lowest BCUT2D eigenvalue weighted by Gasteiger charge is -2.36. The normalized spacial score (nSPS) is 18.8. The van der Waals surface area contributed by atoms with Gasteiger partial charge in [0.05, 0.1) is 18.8 Å². The predicted octanol–water partition coefficient (Wildman–Crippen LogP) is 5.31. The Morgan fingerprint density at radius 1 is 1.07 bits per heavy atom. The summed E-state index contributed by atoms with van der Waals surface area (Å²) in [6, 6.07) is 15.4. The van der Waals surface area contributed by atoms with Gasteiger partial charge in [0.15, 0.2) is 10.6 Å². The van der Waals surface area contributed by atoms with Crippen molar-refractivity contribution in [1.29, 1.82) is 0 Å². The SMILES string of the molecule is CC(=O)NCCCCCC(=O)Nc1cccc([C@@H]2O[C@H](CSc3nnc(C)s3)C[C@H](c3ccc(CO)cc3)O2)c1. The molecule has 2 amide bonds. The van der Waals surface area contributed by atoms with E-state index in [1.54, 1.807) is 23.1 Å². The first-order valence-electron chi connectivity index (χ1n) is 13.5. The van der Waals surface area contributed by atoms with Crippen molar-refractivity contribution < 1.29 is 24.2 Å². The molecule has 1 saturated heterocycles. The number of ether oxygens (including phenoxy) is 2. The van der Waals surface area contributed by atoms with Crippen LogP contribution in [0.4, 0.5) is 5.69 Å². The Labute approximate surface area is 243 Å². The zero-order valence-electron chi connectivity index (χ0n) is 22.8. The third kappa shape index (κ3) is 9.38. The van der Waals surface area contributed by atoms with Crippen LogP contribution in [0.1, 0.15) is 73.1 Å². The minimum atomic E-state index is -0.608. The Balaban J connectivity index is 1.39. The lowest BCUT2D eigenvalue weighted by molar-refractivity contribution is -0.245.